The number of aliphatic carboxylic acids is 1. The number of hydrogen-bond acceptors (Lipinski definition) is 13. The maximum atomic E-state index is 12.5. The van der Waals surface area contributed by atoms with E-state index in [1.54, 1.807) is 44.4 Å². The zero-order valence-electron chi connectivity index (χ0n) is 24.0. The summed E-state index contributed by atoms with van der Waals surface area (Å²) in [7, 11) is 3.10. The number of nitro benzene ring substituents is 1. The summed E-state index contributed by atoms with van der Waals surface area (Å²) in [6.45, 7) is 0. The van der Waals surface area contributed by atoms with E-state index in [0.717, 1.165) is 18.2 Å². The largest absolute Gasteiger partial charge is 0.480 e. The molecule has 0 spiro atoms. The average Bonchev–Trinajstić information content (AvgIpc) is 3.01. The van der Waals surface area contributed by atoms with Gasteiger partial charge in [0.2, 0.25) is 5.82 Å². The van der Waals surface area contributed by atoms with Crippen LogP contribution in [0, 0.1) is 31.6 Å². The summed E-state index contributed by atoms with van der Waals surface area (Å²) in [5, 5.41) is 45.5. The van der Waals surface area contributed by atoms with Gasteiger partial charge in [0.15, 0.2) is 0 Å². The molecule has 1 atom stereocenters. The lowest BCUT2D eigenvalue weighted by atomic mass is 10.1. The molecule has 0 bridgehead atoms. The Hall–Kier alpha value is -6.28. The van der Waals surface area contributed by atoms with Crippen LogP contribution in [0.3, 0.4) is 0 Å². The Morgan fingerprint density at radius 3 is 2.33 bits per heavy atom. The van der Waals surface area contributed by atoms with Crippen LogP contribution in [0.5, 0.6) is 23.4 Å². The highest BCUT2D eigenvalue weighted by Gasteiger charge is 2.32. The van der Waals surface area contributed by atoms with Gasteiger partial charge >= 0.3 is 23.5 Å². The first-order chi connectivity index (χ1) is 21.9. The molecule has 0 radical (unpaired) electrons. The molecule has 16 nitrogen and oxygen atoms in total. The number of carbonyl (C=O) groups is 2. The van der Waals surface area contributed by atoms with Crippen LogP contribution in [0.1, 0.15) is 21.5 Å². The number of hydrogen-bond donors (Lipinski definition) is 3. The molecule has 1 aromatic heterocycles. The molecule has 234 valence electrons. The fraction of sp³-hybridized carbons (Fsp3) is 0.138. The Bertz CT molecular complexity index is 1880. The number of thiol groups is 1. The molecule has 17 heteroatoms. The predicted octanol–water partition coefficient (Wildman–Crippen LogP) is 4.85. The third-order valence-electron chi connectivity index (χ3n) is 6.20. The van der Waals surface area contributed by atoms with Crippen molar-refractivity contribution >= 4 is 41.7 Å². The summed E-state index contributed by atoms with van der Waals surface area (Å²) in [6, 6.07) is 15.2. The third-order valence-corrected chi connectivity index (χ3v) is 6.49. The van der Waals surface area contributed by atoms with E-state index >= 15 is 0 Å². The monoisotopic (exact) mass is 645 g/mol. The summed E-state index contributed by atoms with van der Waals surface area (Å²) in [5.41, 5.74) is -1.03. The average molecular weight is 646 g/mol. The van der Waals surface area contributed by atoms with Crippen molar-refractivity contribution in [1.29, 1.82) is 5.26 Å². The number of benzene rings is 3. The summed E-state index contributed by atoms with van der Waals surface area (Å²) >= 11 is 4.21. The number of nitriles is 1. The zero-order chi connectivity index (χ0) is 33.5. The molecule has 0 aliphatic heterocycles. The summed E-state index contributed by atoms with van der Waals surface area (Å²) in [5.74, 6) is -3.34. The number of carboxylic acids is 1. The molecule has 0 fully saturated rings. The highest BCUT2D eigenvalue weighted by atomic mass is 32.1. The Morgan fingerprint density at radius 2 is 1.72 bits per heavy atom. The summed E-state index contributed by atoms with van der Waals surface area (Å²) < 4.78 is 11.3. The Kier molecular flexibility index (Phi) is 9.93. The first-order valence-corrected chi connectivity index (χ1v) is 13.5. The van der Waals surface area contributed by atoms with Crippen LogP contribution in [0.25, 0.3) is 0 Å². The van der Waals surface area contributed by atoms with Gasteiger partial charge in [-0.15, -0.1) is 12.6 Å². The maximum absolute atomic E-state index is 12.5. The van der Waals surface area contributed by atoms with Gasteiger partial charge in [0.1, 0.15) is 29.2 Å². The van der Waals surface area contributed by atoms with Gasteiger partial charge in [-0.05, 0) is 48.0 Å². The number of nitro groups is 2. The molecule has 2 N–H and O–H groups in total. The minimum absolute atomic E-state index is 0.0501. The van der Waals surface area contributed by atoms with Crippen LogP contribution in [0.2, 0.25) is 0 Å². The van der Waals surface area contributed by atoms with Crippen molar-refractivity contribution < 1.29 is 34.0 Å². The lowest BCUT2D eigenvalue weighted by Crippen LogP contribution is -2.32. The molecule has 3 aromatic carbocycles. The number of rotatable bonds is 12. The van der Waals surface area contributed by atoms with Gasteiger partial charge in [-0.2, -0.15) is 15.2 Å². The number of nitrogens with one attached hydrogen (secondary N) is 1. The van der Waals surface area contributed by atoms with Gasteiger partial charge in [-0.25, -0.2) is 4.79 Å². The molecule has 0 aliphatic rings. The molecule has 46 heavy (non-hydrogen) atoms. The molecular formula is C29H23N7O9S. The number of amides is 1. The van der Waals surface area contributed by atoms with Gasteiger partial charge in [-0.3, -0.25) is 25.0 Å². The lowest BCUT2D eigenvalue weighted by Gasteiger charge is -2.17. The van der Waals surface area contributed by atoms with Crippen LogP contribution < -0.4 is 14.8 Å². The number of carboxylic acid groups (broad SMARTS) is 1. The van der Waals surface area contributed by atoms with E-state index in [1.165, 1.54) is 29.2 Å². The van der Waals surface area contributed by atoms with E-state index in [-0.39, 0.29) is 35.0 Å². The minimum atomic E-state index is -1.45. The van der Waals surface area contributed by atoms with Crippen molar-refractivity contribution in [2.45, 2.75) is 17.4 Å². The van der Waals surface area contributed by atoms with Crippen molar-refractivity contribution in [3.8, 4) is 29.5 Å². The summed E-state index contributed by atoms with van der Waals surface area (Å²) in [4.78, 5) is 56.8. The fourth-order valence-corrected chi connectivity index (χ4v) is 4.17. The van der Waals surface area contributed by atoms with Crippen molar-refractivity contribution in [2.75, 3.05) is 19.4 Å². The smallest absolute Gasteiger partial charge is 0.373 e. The van der Waals surface area contributed by atoms with Crippen molar-refractivity contribution in [2.24, 2.45) is 0 Å². The molecule has 1 unspecified atom stereocenters. The van der Waals surface area contributed by atoms with E-state index in [2.05, 4.69) is 27.9 Å². The van der Waals surface area contributed by atoms with Crippen LogP contribution in [-0.4, -0.2) is 61.8 Å². The van der Waals surface area contributed by atoms with Crippen LogP contribution in [0.15, 0.2) is 71.6 Å². The molecule has 1 heterocycles. The van der Waals surface area contributed by atoms with Gasteiger partial charge < -0.3 is 24.8 Å². The second-order valence-electron chi connectivity index (χ2n) is 9.65. The van der Waals surface area contributed by atoms with Crippen LogP contribution >= 0.6 is 12.6 Å². The first-order valence-electron chi connectivity index (χ1n) is 13.1. The second kappa shape index (κ2) is 14.0. The normalized spacial score (nSPS) is 11.1. The Balaban J connectivity index is 1.83. The summed E-state index contributed by atoms with van der Waals surface area (Å²) in [6.07, 6.45) is -0.132. The SMILES string of the molecule is CN(C)C(=O)c1cccc(Oc2nc(NC(Cc3ccc(S)cc3)C(=O)O)c([N+](=O)[O-])c(Oc3ccc(C#N)c([N+](=O)[O-])c3)n2)c1. The molecule has 4 rings (SSSR count). The van der Waals surface area contributed by atoms with E-state index < -0.39 is 50.9 Å². The van der Waals surface area contributed by atoms with E-state index in [0.29, 0.717) is 10.5 Å². The Labute approximate surface area is 265 Å². The topological polar surface area (TPSA) is 224 Å². The van der Waals surface area contributed by atoms with E-state index in [1.807, 2.05) is 0 Å². The number of aromatic nitrogens is 2. The van der Waals surface area contributed by atoms with Crippen molar-refractivity contribution in [3.05, 3.63) is 104 Å². The second-order valence-corrected chi connectivity index (χ2v) is 10.2. The highest BCUT2D eigenvalue weighted by molar-refractivity contribution is 7.80. The highest BCUT2D eigenvalue weighted by Crippen LogP contribution is 2.39. The molecular weight excluding hydrogens is 622 g/mol. The van der Waals surface area contributed by atoms with Crippen LogP contribution in [0.4, 0.5) is 17.2 Å². The minimum Gasteiger partial charge on any atom is -0.480 e. The third kappa shape index (κ3) is 7.81. The van der Waals surface area contributed by atoms with Crippen molar-refractivity contribution in [3.63, 3.8) is 0 Å². The molecule has 0 aliphatic carbocycles. The lowest BCUT2D eigenvalue weighted by molar-refractivity contribution is -0.385. The van der Waals surface area contributed by atoms with Gasteiger partial charge in [-0.1, -0.05) is 18.2 Å². The van der Waals surface area contributed by atoms with Gasteiger partial charge in [0.25, 0.3) is 11.6 Å². The van der Waals surface area contributed by atoms with E-state index in [9.17, 15) is 40.2 Å². The number of anilines is 1. The fourth-order valence-electron chi connectivity index (χ4n) is 4.02. The van der Waals surface area contributed by atoms with Gasteiger partial charge in [0, 0.05) is 31.0 Å². The molecule has 0 saturated carbocycles. The quantitative estimate of drug-likeness (QED) is 0.107. The van der Waals surface area contributed by atoms with Crippen LogP contribution in [-0.2, 0) is 11.2 Å². The first kappa shape index (κ1) is 32.6. The molecule has 4 aromatic rings. The number of carbonyl (C=O) groups excluding carboxylic acids is 1. The van der Waals surface area contributed by atoms with Gasteiger partial charge in [0.05, 0.1) is 15.9 Å². The van der Waals surface area contributed by atoms with Crippen molar-refractivity contribution in [1.82, 2.24) is 14.9 Å². The Morgan fingerprint density at radius 1 is 1.02 bits per heavy atom. The standard InChI is InChI=1S/C29H23N7O9S/c1-34(2)27(37)17-4-3-5-19(13-17)45-29-32-25(31-22(28(38)39)12-16-6-10-21(46)11-7-16)24(36(42)43)26(33-29)44-20-9-8-18(15-30)23(14-20)35(40)41/h3-11,13-14,22,46H,12H2,1-2H3,(H,38,39)(H,31,32,33). The number of ether oxygens (including phenoxy) is 2. The van der Waals surface area contributed by atoms with E-state index in [4.69, 9.17) is 9.47 Å². The molecule has 1 amide bonds. The zero-order valence-corrected chi connectivity index (χ0v) is 24.9. The number of nitrogens with zero attached hydrogens (tertiary/aromatic N) is 6. The predicted molar refractivity (Wildman–Crippen MR) is 164 cm³/mol. The molecule has 0 saturated heterocycles. The maximum Gasteiger partial charge on any atom is 0.373 e.